The predicted molar refractivity (Wildman–Crippen MR) is 92.5 cm³/mol. The maximum Gasteiger partial charge on any atom is 0.224 e. The predicted octanol–water partition coefficient (Wildman–Crippen LogP) is 2.92. The van der Waals surface area contributed by atoms with E-state index >= 15 is 0 Å². The van der Waals surface area contributed by atoms with Gasteiger partial charge in [0.1, 0.15) is 0 Å². The summed E-state index contributed by atoms with van der Waals surface area (Å²) in [7, 11) is 0. The van der Waals surface area contributed by atoms with Crippen LogP contribution in [0.4, 0.5) is 5.69 Å². The molecule has 1 aliphatic heterocycles. The molecule has 2 amide bonds. The molecule has 122 valence electrons. The Morgan fingerprint density at radius 3 is 2.75 bits per heavy atom. The number of hydrogen-bond donors (Lipinski definition) is 1. The lowest BCUT2D eigenvalue weighted by Gasteiger charge is -2.27. The zero-order valence-corrected chi connectivity index (χ0v) is 13.9. The minimum atomic E-state index is -0.193. The third kappa shape index (κ3) is 3.81. The molecule has 24 heavy (non-hydrogen) atoms. The lowest BCUT2D eigenvalue weighted by Crippen LogP contribution is -2.35. The summed E-state index contributed by atoms with van der Waals surface area (Å²) in [5, 5.41) is 13.6. The highest BCUT2D eigenvalue weighted by molar-refractivity contribution is 7.10. The van der Waals surface area contributed by atoms with Gasteiger partial charge in [-0.3, -0.25) is 9.59 Å². The fourth-order valence-electron chi connectivity index (χ4n) is 2.69. The van der Waals surface area contributed by atoms with Crippen molar-refractivity contribution in [3.8, 4) is 6.07 Å². The van der Waals surface area contributed by atoms with Crippen molar-refractivity contribution < 1.29 is 9.59 Å². The Balaban J connectivity index is 1.47. The standard InChI is InChI=1S/C18H17N3O2S/c19-11-13-1-3-15(4-2-13)20-17(22)5-6-18(23)21-9-7-16-14(12-21)8-10-24-16/h1-4,8,10H,5-7,9,12H2,(H,20,22). The average Bonchev–Trinajstić information content (AvgIpc) is 3.08. The maximum absolute atomic E-state index is 12.3. The zero-order valence-electron chi connectivity index (χ0n) is 13.1. The number of nitrogens with zero attached hydrogens (tertiary/aromatic N) is 2. The minimum absolute atomic E-state index is 0.0156. The van der Waals surface area contributed by atoms with Crippen LogP contribution in [0.5, 0.6) is 0 Å². The highest BCUT2D eigenvalue weighted by atomic mass is 32.1. The van der Waals surface area contributed by atoms with E-state index in [2.05, 4.69) is 16.8 Å². The van der Waals surface area contributed by atoms with Crippen molar-refractivity contribution >= 4 is 28.8 Å². The second-order valence-corrected chi connectivity index (χ2v) is 6.67. The Morgan fingerprint density at radius 2 is 2.00 bits per heavy atom. The summed E-state index contributed by atoms with van der Waals surface area (Å²) in [6.07, 6.45) is 1.27. The molecule has 2 aromatic rings. The highest BCUT2D eigenvalue weighted by Crippen LogP contribution is 2.24. The molecule has 0 saturated heterocycles. The fraction of sp³-hybridized carbons (Fsp3) is 0.278. The third-order valence-electron chi connectivity index (χ3n) is 4.02. The Kier molecular flexibility index (Phi) is 4.92. The summed E-state index contributed by atoms with van der Waals surface area (Å²) < 4.78 is 0. The van der Waals surface area contributed by atoms with Crippen LogP contribution < -0.4 is 5.32 Å². The maximum atomic E-state index is 12.3. The van der Waals surface area contributed by atoms with Gasteiger partial charge in [0, 0.05) is 36.5 Å². The van der Waals surface area contributed by atoms with Gasteiger partial charge in [0.2, 0.25) is 11.8 Å². The first-order chi connectivity index (χ1) is 11.7. The fourth-order valence-corrected chi connectivity index (χ4v) is 3.58. The number of amides is 2. The quantitative estimate of drug-likeness (QED) is 0.931. The molecule has 1 aliphatic rings. The summed E-state index contributed by atoms with van der Waals surface area (Å²) in [6.45, 7) is 1.37. The van der Waals surface area contributed by atoms with E-state index in [0.717, 1.165) is 13.0 Å². The summed E-state index contributed by atoms with van der Waals surface area (Å²) >= 11 is 1.74. The number of carbonyl (C=O) groups excluding carboxylic acids is 2. The lowest BCUT2D eigenvalue weighted by molar-refractivity contribution is -0.133. The summed E-state index contributed by atoms with van der Waals surface area (Å²) in [6, 6.07) is 10.7. The molecule has 0 spiro atoms. The minimum Gasteiger partial charge on any atom is -0.338 e. The normalized spacial score (nSPS) is 13.0. The van der Waals surface area contributed by atoms with Crippen molar-refractivity contribution in [3.05, 3.63) is 51.7 Å². The molecular formula is C18H17N3O2S. The lowest BCUT2D eigenvalue weighted by atomic mass is 10.1. The van der Waals surface area contributed by atoms with Crippen LogP contribution in [0, 0.1) is 11.3 Å². The van der Waals surface area contributed by atoms with Gasteiger partial charge in [0.25, 0.3) is 0 Å². The van der Waals surface area contributed by atoms with Crippen molar-refractivity contribution in [2.45, 2.75) is 25.8 Å². The number of fused-ring (bicyclic) bond motifs is 1. The van der Waals surface area contributed by atoms with Gasteiger partial charge >= 0.3 is 0 Å². The molecule has 0 radical (unpaired) electrons. The molecule has 0 bridgehead atoms. The van der Waals surface area contributed by atoms with Crippen LogP contribution in [0.2, 0.25) is 0 Å². The highest BCUT2D eigenvalue weighted by Gasteiger charge is 2.21. The van der Waals surface area contributed by atoms with Gasteiger partial charge in [-0.15, -0.1) is 11.3 Å². The molecule has 2 heterocycles. The van der Waals surface area contributed by atoms with Crippen LogP contribution in [-0.4, -0.2) is 23.3 Å². The summed E-state index contributed by atoms with van der Waals surface area (Å²) in [4.78, 5) is 27.4. The van der Waals surface area contributed by atoms with Crippen LogP contribution >= 0.6 is 11.3 Å². The number of benzene rings is 1. The number of carbonyl (C=O) groups is 2. The van der Waals surface area contributed by atoms with E-state index < -0.39 is 0 Å². The largest absolute Gasteiger partial charge is 0.338 e. The third-order valence-corrected chi connectivity index (χ3v) is 5.05. The molecule has 0 saturated carbocycles. The van der Waals surface area contributed by atoms with Crippen LogP contribution in [-0.2, 0) is 22.6 Å². The average molecular weight is 339 g/mol. The van der Waals surface area contributed by atoms with Crippen molar-refractivity contribution in [3.63, 3.8) is 0 Å². The van der Waals surface area contributed by atoms with Gasteiger partial charge in [-0.05, 0) is 47.7 Å². The van der Waals surface area contributed by atoms with Crippen LogP contribution in [0.15, 0.2) is 35.7 Å². The van der Waals surface area contributed by atoms with Crippen molar-refractivity contribution in [1.29, 1.82) is 5.26 Å². The van der Waals surface area contributed by atoms with E-state index in [0.29, 0.717) is 17.8 Å². The van der Waals surface area contributed by atoms with E-state index in [1.54, 1.807) is 35.6 Å². The van der Waals surface area contributed by atoms with E-state index in [1.165, 1.54) is 10.4 Å². The van der Waals surface area contributed by atoms with Gasteiger partial charge in [-0.25, -0.2) is 0 Å². The second kappa shape index (κ2) is 7.28. The van der Waals surface area contributed by atoms with Crippen molar-refractivity contribution in [1.82, 2.24) is 4.90 Å². The van der Waals surface area contributed by atoms with Gasteiger partial charge in [-0.2, -0.15) is 5.26 Å². The first-order valence-electron chi connectivity index (χ1n) is 7.79. The Bertz CT molecular complexity index is 789. The Hall–Kier alpha value is -2.65. The molecule has 5 nitrogen and oxygen atoms in total. The topological polar surface area (TPSA) is 73.2 Å². The molecule has 1 aromatic heterocycles. The molecular weight excluding hydrogens is 322 g/mol. The Labute approximate surface area is 144 Å². The molecule has 0 unspecified atom stereocenters. The second-order valence-electron chi connectivity index (χ2n) is 5.67. The van der Waals surface area contributed by atoms with Gasteiger partial charge in [-0.1, -0.05) is 0 Å². The smallest absolute Gasteiger partial charge is 0.224 e. The van der Waals surface area contributed by atoms with Gasteiger partial charge < -0.3 is 10.2 Å². The molecule has 3 rings (SSSR count). The first-order valence-corrected chi connectivity index (χ1v) is 8.66. The van der Waals surface area contributed by atoms with Crippen molar-refractivity contribution in [2.24, 2.45) is 0 Å². The SMILES string of the molecule is N#Cc1ccc(NC(=O)CCC(=O)N2CCc3sccc3C2)cc1. The Morgan fingerprint density at radius 1 is 1.21 bits per heavy atom. The summed E-state index contributed by atoms with van der Waals surface area (Å²) in [5.74, 6) is -0.178. The van der Waals surface area contributed by atoms with Gasteiger partial charge in [0.05, 0.1) is 11.6 Å². The van der Waals surface area contributed by atoms with Crippen molar-refractivity contribution in [2.75, 3.05) is 11.9 Å². The number of nitriles is 1. The number of thiophene rings is 1. The van der Waals surface area contributed by atoms with Gasteiger partial charge in [0.15, 0.2) is 0 Å². The molecule has 0 atom stereocenters. The van der Waals surface area contributed by atoms with Crippen LogP contribution in [0.1, 0.15) is 28.8 Å². The van der Waals surface area contributed by atoms with E-state index in [1.807, 2.05) is 11.0 Å². The van der Waals surface area contributed by atoms with E-state index in [4.69, 9.17) is 5.26 Å². The van der Waals surface area contributed by atoms with Crippen LogP contribution in [0.25, 0.3) is 0 Å². The van der Waals surface area contributed by atoms with Crippen LogP contribution in [0.3, 0.4) is 0 Å². The molecule has 1 aromatic carbocycles. The molecule has 1 N–H and O–H groups in total. The molecule has 0 aliphatic carbocycles. The summed E-state index contributed by atoms with van der Waals surface area (Å²) in [5.41, 5.74) is 2.40. The monoisotopic (exact) mass is 339 g/mol. The number of nitrogens with one attached hydrogen (secondary N) is 1. The molecule has 6 heteroatoms. The number of hydrogen-bond acceptors (Lipinski definition) is 4. The van der Waals surface area contributed by atoms with E-state index in [9.17, 15) is 9.59 Å². The van der Waals surface area contributed by atoms with E-state index in [-0.39, 0.29) is 24.7 Å². The number of anilines is 1. The molecule has 0 fully saturated rings. The number of rotatable bonds is 4. The zero-order chi connectivity index (χ0) is 16.9. The first kappa shape index (κ1) is 16.2.